The second-order valence-corrected chi connectivity index (χ2v) is 11.8. The summed E-state index contributed by atoms with van der Waals surface area (Å²) >= 11 is 0. The van der Waals surface area contributed by atoms with Crippen LogP contribution < -0.4 is 5.32 Å². The van der Waals surface area contributed by atoms with Gasteiger partial charge in [0.1, 0.15) is 0 Å². The van der Waals surface area contributed by atoms with Crippen molar-refractivity contribution in [3.8, 4) is 0 Å². The molecule has 12 heteroatoms. The van der Waals surface area contributed by atoms with Gasteiger partial charge in [-0.1, -0.05) is 0 Å². The third-order valence-corrected chi connectivity index (χ3v) is 8.81. The van der Waals surface area contributed by atoms with E-state index in [-0.39, 0.29) is 42.4 Å². The lowest BCUT2D eigenvalue weighted by Gasteiger charge is -2.33. The second-order valence-electron chi connectivity index (χ2n) is 7.87. The van der Waals surface area contributed by atoms with Gasteiger partial charge in [0.25, 0.3) is 5.91 Å². The molecule has 0 saturated carbocycles. The van der Waals surface area contributed by atoms with Crippen LogP contribution in [0.5, 0.6) is 0 Å². The summed E-state index contributed by atoms with van der Waals surface area (Å²) < 4.78 is 51.9. The fourth-order valence-electron chi connectivity index (χ4n) is 3.80. The average molecular weight is 473 g/mol. The summed E-state index contributed by atoms with van der Waals surface area (Å²) in [6.45, 7) is 3.27. The molecule has 2 aliphatic heterocycles. The lowest BCUT2D eigenvalue weighted by atomic mass is 10.1. The van der Waals surface area contributed by atoms with Crippen molar-refractivity contribution < 1.29 is 26.4 Å². The van der Waals surface area contributed by atoms with Crippen molar-refractivity contribution in [2.24, 2.45) is 0 Å². The van der Waals surface area contributed by atoms with E-state index in [2.05, 4.69) is 5.32 Å². The van der Waals surface area contributed by atoms with E-state index in [9.17, 15) is 26.4 Å². The molecule has 31 heavy (non-hydrogen) atoms. The molecule has 0 aliphatic carbocycles. The average Bonchev–Trinajstić information content (AvgIpc) is 2.73. The maximum Gasteiger partial charge on any atom is 0.251 e. The smallest absolute Gasteiger partial charge is 0.251 e. The molecule has 2 fully saturated rings. The number of piperazine rings is 1. The highest BCUT2D eigenvalue weighted by atomic mass is 32.2. The number of piperidine rings is 1. The van der Waals surface area contributed by atoms with E-state index in [1.54, 1.807) is 4.90 Å². The number of nitrogens with one attached hydrogen (secondary N) is 1. The maximum absolute atomic E-state index is 12.9. The number of hydrogen-bond acceptors (Lipinski definition) is 6. The van der Waals surface area contributed by atoms with Crippen LogP contribution in [0, 0.1) is 0 Å². The van der Waals surface area contributed by atoms with E-state index in [0.29, 0.717) is 38.0 Å². The predicted octanol–water partition coefficient (Wildman–Crippen LogP) is -0.307. The molecule has 10 nitrogen and oxygen atoms in total. The molecule has 172 valence electrons. The van der Waals surface area contributed by atoms with E-state index in [0.717, 1.165) is 6.26 Å². The molecule has 2 amide bonds. The summed E-state index contributed by atoms with van der Waals surface area (Å²) in [7, 11) is -7.03. The van der Waals surface area contributed by atoms with Crippen molar-refractivity contribution in [2.45, 2.75) is 30.7 Å². The van der Waals surface area contributed by atoms with Crippen LogP contribution in [-0.4, -0.2) is 93.7 Å². The molecule has 1 aromatic carbocycles. The molecule has 0 aromatic heterocycles. The van der Waals surface area contributed by atoms with E-state index < -0.39 is 20.0 Å². The van der Waals surface area contributed by atoms with Gasteiger partial charge in [0.2, 0.25) is 26.0 Å². The number of carbonyl (C=O) groups excluding carboxylic acids is 2. The molecule has 3 rings (SSSR count). The fourth-order valence-corrected chi connectivity index (χ4v) is 6.13. The third-order valence-electron chi connectivity index (χ3n) is 5.63. The van der Waals surface area contributed by atoms with Crippen molar-refractivity contribution in [3.05, 3.63) is 29.8 Å². The lowest BCUT2D eigenvalue weighted by Crippen LogP contribution is -2.50. The molecule has 0 radical (unpaired) electrons. The van der Waals surface area contributed by atoms with E-state index in [1.165, 1.54) is 39.8 Å². The Morgan fingerprint density at radius 3 is 2.10 bits per heavy atom. The Morgan fingerprint density at radius 1 is 0.935 bits per heavy atom. The van der Waals surface area contributed by atoms with E-state index in [4.69, 9.17) is 0 Å². The molecule has 2 heterocycles. The quantitative estimate of drug-likeness (QED) is 0.627. The highest BCUT2D eigenvalue weighted by Crippen LogP contribution is 2.19. The van der Waals surface area contributed by atoms with Crippen molar-refractivity contribution in [3.63, 3.8) is 0 Å². The van der Waals surface area contributed by atoms with Crippen LogP contribution in [0.3, 0.4) is 0 Å². The molecule has 1 aromatic rings. The van der Waals surface area contributed by atoms with Crippen molar-refractivity contribution >= 4 is 31.9 Å². The van der Waals surface area contributed by atoms with Crippen molar-refractivity contribution in [1.82, 2.24) is 18.8 Å². The van der Waals surface area contributed by atoms with E-state index >= 15 is 0 Å². The zero-order chi connectivity index (χ0) is 22.8. The Labute approximate surface area is 183 Å². The lowest BCUT2D eigenvalue weighted by molar-refractivity contribution is -0.129. The minimum atomic E-state index is -3.71. The highest BCUT2D eigenvalue weighted by Gasteiger charge is 2.30. The number of nitrogens with zero attached hydrogens (tertiary/aromatic N) is 3. The Morgan fingerprint density at radius 2 is 1.55 bits per heavy atom. The number of rotatable bonds is 5. The molecule has 1 N–H and O–H groups in total. The van der Waals surface area contributed by atoms with Gasteiger partial charge < -0.3 is 10.2 Å². The first-order chi connectivity index (χ1) is 14.5. The van der Waals surface area contributed by atoms with Crippen molar-refractivity contribution in [2.75, 3.05) is 45.5 Å². The predicted molar refractivity (Wildman–Crippen MR) is 114 cm³/mol. The molecular weight excluding hydrogens is 444 g/mol. The summed E-state index contributed by atoms with van der Waals surface area (Å²) in [5, 5.41) is 2.83. The molecule has 2 aliphatic rings. The Hall–Kier alpha value is -2.02. The first-order valence-electron chi connectivity index (χ1n) is 10.1. The number of sulfonamides is 2. The van der Waals surface area contributed by atoms with Crippen LogP contribution in [0.4, 0.5) is 0 Å². The normalized spacial score (nSPS) is 21.6. The van der Waals surface area contributed by atoms with Gasteiger partial charge in [-0.3, -0.25) is 9.59 Å². The summed E-state index contributed by atoms with van der Waals surface area (Å²) in [4.78, 5) is 25.7. The van der Waals surface area contributed by atoms with Gasteiger partial charge in [-0.15, -0.1) is 0 Å². The molecule has 1 atom stereocenters. The van der Waals surface area contributed by atoms with Gasteiger partial charge in [-0.25, -0.2) is 21.1 Å². The van der Waals surface area contributed by atoms with Gasteiger partial charge in [-0.2, -0.15) is 4.31 Å². The number of hydrogen-bond donors (Lipinski definition) is 1. The standard InChI is InChI=1S/C19H28N4O6S2/c1-15(24)21-10-12-22(13-11-21)31(28,29)18-7-5-16(6-8-18)19(25)20-17-4-3-9-23(14-17)30(2,26)27/h5-8,17H,3-4,9-14H2,1-2H3,(H,20,25). The summed E-state index contributed by atoms with van der Waals surface area (Å²) in [6.07, 6.45) is 2.49. The van der Waals surface area contributed by atoms with Crippen LogP contribution in [0.25, 0.3) is 0 Å². The van der Waals surface area contributed by atoms with Crippen LogP contribution in [0.2, 0.25) is 0 Å². The number of carbonyl (C=O) groups is 2. The van der Waals surface area contributed by atoms with Gasteiger partial charge in [0, 0.05) is 57.8 Å². The molecule has 2 saturated heterocycles. The zero-order valence-electron chi connectivity index (χ0n) is 17.7. The Kier molecular flexibility index (Phi) is 7.04. The Balaban J connectivity index is 1.63. The van der Waals surface area contributed by atoms with Crippen LogP contribution in [0.15, 0.2) is 29.2 Å². The topological polar surface area (TPSA) is 124 Å². The van der Waals surface area contributed by atoms with Gasteiger partial charge in [0.05, 0.1) is 11.2 Å². The van der Waals surface area contributed by atoms with Crippen molar-refractivity contribution in [1.29, 1.82) is 0 Å². The molecule has 0 spiro atoms. The third kappa shape index (κ3) is 5.62. The maximum atomic E-state index is 12.9. The Bertz CT molecular complexity index is 1030. The first-order valence-corrected chi connectivity index (χ1v) is 13.4. The summed E-state index contributed by atoms with van der Waals surface area (Å²) in [5.74, 6) is -0.454. The monoisotopic (exact) mass is 472 g/mol. The first kappa shape index (κ1) is 23.6. The summed E-state index contributed by atoms with van der Waals surface area (Å²) in [6, 6.07) is 5.39. The van der Waals surface area contributed by atoms with Crippen LogP contribution >= 0.6 is 0 Å². The molecule has 0 bridgehead atoms. The molecule has 1 unspecified atom stereocenters. The number of amides is 2. The van der Waals surface area contributed by atoms with Gasteiger partial charge in [-0.05, 0) is 37.1 Å². The second kappa shape index (κ2) is 9.23. The zero-order valence-corrected chi connectivity index (χ0v) is 19.3. The van der Waals surface area contributed by atoms with E-state index in [1.807, 2.05) is 0 Å². The SMILES string of the molecule is CC(=O)N1CCN(S(=O)(=O)c2ccc(C(=O)NC3CCCN(S(C)(=O)=O)C3)cc2)CC1. The molecular formula is C19H28N4O6S2. The minimum absolute atomic E-state index is 0.0787. The summed E-state index contributed by atoms with van der Waals surface area (Å²) in [5.41, 5.74) is 0.303. The largest absolute Gasteiger partial charge is 0.348 e. The van der Waals surface area contributed by atoms with Gasteiger partial charge >= 0.3 is 0 Å². The van der Waals surface area contributed by atoms with Crippen LogP contribution in [-0.2, 0) is 24.8 Å². The number of benzene rings is 1. The highest BCUT2D eigenvalue weighted by molar-refractivity contribution is 7.89. The fraction of sp³-hybridized carbons (Fsp3) is 0.579. The van der Waals surface area contributed by atoms with Gasteiger partial charge in [0.15, 0.2) is 0 Å². The minimum Gasteiger partial charge on any atom is -0.348 e. The van der Waals surface area contributed by atoms with Crippen LogP contribution in [0.1, 0.15) is 30.1 Å².